The third-order valence-electron chi connectivity index (χ3n) is 13.7. The molecule has 292 valence electrons. The molecule has 3 heteroatoms. The zero-order chi connectivity index (χ0) is 41.1. The van der Waals surface area contributed by atoms with Crippen molar-refractivity contribution in [1.82, 2.24) is 9.13 Å². The molecule has 12 aromatic rings. The van der Waals surface area contributed by atoms with E-state index in [-0.39, 0.29) is 5.41 Å². The molecule has 13 rings (SSSR count). The van der Waals surface area contributed by atoms with Gasteiger partial charge in [-0.15, -0.1) is 0 Å². The topological polar surface area (TPSA) is 13.1 Å². The Hall–Kier alpha value is -7.88. The molecule has 10 aromatic carbocycles. The van der Waals surface area contributed by atoms with Crippen LogP contribution in [-0.4, -0.2) is 9.13 Å². The van der Waals surface area contributed by atoms with Crippen LogP contribution in [0.2, 0.25) is 0 Å². The van der Waals surface area contributed by atoms with Crippen molar-refractivity contribution < 1.29 is 0 Å². The third-order valence-corrected chi connectivity index (χ3v) is 13.7. The summed E-state index contributed by atoms with van der Waals surface area (Å²) in [5.41, 5.74) is 18.3. The lowest BCUT2D eigenvalue weighted by Gasteiger charge is -2.28. The summed E-state index contributed by atoms with van der Waals surface area (Å²) in [6.45, 7) is 4.73. The van der Waals surface area contributed by atoms with E-state index in [0.717, 1.165) is 22.7 Å². The molecular weight excluding hydrogens is 751 g/mol. The first-order valence-electron chi connectivity index (χ1n) is 21.6. The molecule has 0 amide bonds. The van der Waals surface area contributed by atoms with Crippen LogP contribution in [-0.2, 0) is 5.41 Å². The number of aromatic nitrogens is 2. The average molecular weight is 792 g/mol. The van der Waals surface area contributed by atoms with E-state index >= 15 is 0 Å². The van der Waals surface area contributed by atoms with Gasteiger partial charge in [-0.2, -0.15) is 0 Å². The third kappa shape index (κ3) is 4.94. The molecule has 2 heterocycles. The fourth-order valence-electron chi connectivity index (χ4n) is 10.8. The molecule has 1 aliphatic rings. The molecule has 0 radical (unpaired) electrons. The van der Waals surface area contributed by atoms with Gasteiger partial charge in [-0.3, -0.25) is 0 Å². The van der Waals surface area contributed by atoms with Crippen molar-refractivity contribution >= 4 is 71.4 Å². The number of hydrogen-bond donors (Lipinski definition) is 0. The number of anilines is 3. The summed E-state index contributed by atoms with van der Waals surface area (Å²) in [4.78, 5) is 2.45. The monoisotopic (exact) mass is 791 g/mol. The quantitative estimate of drug-likeness (QED) is 0.153. The van der Waals surface area contributed by atoms with E-state index in [2.05, 4.69) is 240 Å². The fourth-order valence-corrected chi connectivity index (χ4v) is 10.8. The Morgan fingerprint density at radius 2 is 0.935 bits per heavy atom. The Kier molecular flexibility index (Phi) is 7.36. The van der Waals surface area contributed by atoms with Crippen LogP contribution in [0.5, 0.6) is 0 Å². The van der Waals surface area contributed by atoms with E-state index in [9.17, 15) is 0 Å². The van der Waals surface area contributed by atoms with Gasteiger partial charge in [0.1, 0.15) is 0 Å². The molecule has 2 aromatic heterocycles. The maximum atomic E-state index is 2.45. The Balaban J connectivity index is 0.988. The molecule has 0 saturated heterocycles. The van der Waals surface area contributed by atoms with E-state index in [1.54, 1.807) is 0 Å². The largest absolute Gasteiger partial charge is 0.310 e. The summed E-state index contributed by atoms with van der Waals surface area (Å²) in [6, 6.07) is 78.4. The van der Waals surface area contributed by atoms with Crippen LogP contribution in [0.1, 0.15) is 25.0 Å². The molecule has 0 saturated carbocycles. The van der Waals surface area contributed by atoms with Crippen molar-refractivity contribution in [1.29, 1.82) is 0 Å². The molecule has 62 heavy (non-hydrogen) atoms. The van der Waals surface area contributed by atoms with Crippen molar-refractivity contribution in [3.05, 3.63) is 223 Å². The van der Waals surface area contributed by atoms with Crippen LogP contribution in [0.15, 0.2) is 212 Å². The van der Waals surface area contributed by atoms with Crippen LogP contribution in [0, 0.1) is 0 Å². The van der Waals surface area contributed by atoms with E-state index < -0.39 is 0 Å². The molecule has 0 fully saturated rings. The average Bonchev–Trinajstić information content (AvgIpc) is 3.93. The van der Waals surface area contributed by atoms with Crippen LogP contribution in [0.3, 0.4) is 0 Å². The lowest BCUT2D eigenvalue weighted by atomic mass is 9.82. The number of hydrogen-bond acceptors (Lipinski definition) is 1. The first kappa shape index (κ1) is 34.9. The second kappa shape index (κ2) is 13.1. The number of rotatable bonds is 6. The SMILES string of the molecule is CC1(C)c2ccccc2-c2ccc(N(c3ccc(-c4ccc5c6c4ccc4cccc(c46)n5-c4ccccc4)cc3)c3ccc4c(c3)c3ccccc3n4-c3ccccc3)cc21. The van der Waals surface area contributed by atoms with Gasteiger partial charge in [-0.25, -0.2) is 0 Å². The molecular formula is C59H41N3. The molecule has 0 spiro atoms. The zero-order valence-electron chi connectivity index (χ0n) is 34.5. The summed E-state index contributed by atoms with van der Waals surface area (Å²) in [7, 11) is 0. The van der Waals surface area contributed by atoms with E-state index in [1.165, 1.54) is 93.5 Å². The van der Waals surface area contributed by atoms with Crippen LogP contribution in [0.4, 0.5) is 17.1 Å². The minimum Gasteiger partial charge on any atom is -0.310 e. The minimum absolute atomic E-state index is 0.123. The van der Waals surface area contributed by atoms with Gasteiger partial charge in [-0.05, 0) is 129 Å². The van der Waals surface area contributed by atoms with Gasteiger partial charge in [0.15, 0.2) is 0 Å². The van der Waals surface area contributed by atoms with Crippen molar-refractivity contribution in [2.75, 3.05) is 4.90 Å². The van der Waals surface area contributed by atoms with Gasteiger partial charge in [0.25, 0.3) is 0 Å². The van der Waals surface area contributed by atoms with Crippen LogP contribution in [0.25, 0.3) is 88.0 Å². The standard InChI is InChI=1S/C59H41N3/c1-59(2)51-21-11-9-19-46(51)47-32-29-44(37-52(47)59)60(43-30-34-54-50(36-43)48-20-10-12-22-53(48)61(54)40-15-5-3-6-16-40)42-27-24-38(25-28-42)45-33-35-56-58-49(45)31-26-39-14-13-23-55(57(39)58)62(56)41-17-7-4-8-18-41/h3-37H,1-2H3. The van der Waals surface area contributed by atoms with Crippen molar-refractivity contribution in [2.45, 2.75) is 19.3 Å². The predicted molar refractivity (Wildman–Crippen MR) is 261 cm³/mol. The minimum atomic E-state index is -0.123. The van der Waals surface area contributed by atoms with E-state index in [4.69, 9.17) is 0 Å². The smallest absolute Gasteiger partial charge is 0.0547 e. The Morgan fingerprint density at radius 3 is 1.74 bits per heavy atom. The molecule has 0 unspecified atom stereocenters. The second-order valence-corrected chi connectivity index (χ2v) is 17.3. The fraction of sp³-hybridized carbons (Fsp3) is 0.0508. The van der Waals surface area contributed by atoms with Crippen molar-refractivity contribution in [3.8, 4) is 33.6 Å². The lowest BCUT2D eigenvalue weighted by molar-refractivity contribution is 0.660. The second-order valence-electron chi connectivity index (χ2n) is 17.3. The number of benzene rings is 10. The normalized spacial score (nSPS) is 13.1. The maximum Gasteiger partial charge on any atom is 0.0547 e. The molecule has 1 aliphatic carbocycles. The predicted octanol–water partition coefficient (Wildman–Crippen LogP) is 15.9. The number of para-hydroxylation sites is 3. The molecule has 0 N–H and O–H groups in total. The van der Waals surface area contributed by atoms with Crippen LogP contribution >= 0.6 is 0 Å². The first-order chi connectivity index (χ1) is 30.5. The molecule has 0 atom stereocenters. The highest BCUT2D eigenvalue weighted by Gasteiger charge is 2.36. The van der Waals surface area contributed by atoms with Gasteiger partial charge < -0.3 is 14.0 Å². The van der Waals surface area contributed by atoms with Gasteiger partial charge in [-0.1, -0.05) is 141 Å². The zero-order valence-corrected chi connectivity index (χ0v) is 34.5. The van der Waals surface area contributed by atoms with E-state index in [0.29, 0.717) is 0 Å². The number of fused-ring (bicyclic) bond motifs is 6. The summed E-state index contributed by atoms with van der Waals surface area (Å²) < 4.78 is 4.81. The van der Waals surface area contributed by atoms with Gasteiger partial charge in [0, 0.05) is 55.4 Å². The van der Waals surface area contributed by atoms with Crippen molar-refractivity contribution in [3.63, 3.8) is 0 Å². The van der Waals surface area contributed by atoms with Crippen molar-refractivity contribution in [2.24, 2.45) is 0 Å². The highest BCUT2D eigenvalue weighted by atomic mass is 15.1. The lowest BCUT2D eigenvalue weighted by Crippen LogP contribution is -2.16. The summed E-state index contributed by atoms with van der Waals surface area (Å²) in [5, 5.41) is 7.64. The summed E-state index contributed by atoms with van der Waals surface area (Å²) >= 11 is 0. The Bertz CT molecular complexity index is 3700. The highest BCUT2D eigenvalue weighted by Crippen LogP contribution is 2.51. The highest BCUT2D eigenvalue weighted by molar-refractivity contribution is 6.26. The number of nitrogens with zero attached hydrogens (tertiary/aromatic N) is 3. The Morgan fingerprint density at radius 1 is 0.355 bits per heavy atom. The van der Waals surface area contributed by atoms with E-state index in [1.807, 2.05) is 0 Å². The summed E-state index contributed by atoms with van der Waals surface area (Å²) in [6.07, 6.45) is 0. The first-order valence-corrected chi connectivity index (χ1v) is 21.6. The summed E-state index contributed by atoms with van der Waals surface area (Å²) in [5.74, 6) is 0. The van der Waals surface area contributed by atoms with Gasteiger partial charge in [0.2, 0.25) is 0 Å². The Labute approximate surface area is 360 Å². The molecule has 0 bridgehead atoms. The van der Waals surface area contributed by atoms with Gasteiger partial charge >= 0.3 is 0 Å². The van der Waals surface area contributed by atoms with Gasteiger partial charge in [0.05, 0.1) is 22.1 Å². The molecule has 0 aliphatic heterocycles. The van der Waals surface area contributed by atoms with Crippen LogP contribution < -0.4 is 4.90 Å². The maximum absolute atomic E-state index is 2.45. The molecule has 3 nitrogen and oxygen atoms in total.